The maximum Gasteiger partial charge on any atom is 0.258 e. The summed E-state index contributed by atoms with van der Waals surface area (Å²) < 4.78 is 42.2. The van der Waals surface area contributed by atoms with Crippen LogP contribution >= 0.6 is 0 Å². The number of amides is 1. The Morgan fingerprint density at radius 1 is 1.06 bits per heavy atom. The standard InChI is InChI=1S/C26H32N2O6S/c1-32-14-15-33-18-34-25-11-9-22(17-24(25)27-35(2,30)31)28-13-12-21-16-20(8-10-23(21)26(28)29)19-6-4-3-5-7-19/h6,8-11,16-17,27H,3-5,7,12-15,18H2,1-2H3. The van der Waals surface area contributed by atoms with Gasteiger partial charge in [-0.1, -0.05) is 18.2 Å². The van der Waals surface area contributed by atoms with E-state index >= 15 is 0 Å². The number of hydrogen-bond acceptors (Lipinski definition) is 6. The minimum atomic E-state index is -3.56. The zero-order valence-electron chi connectivity index (χ0n) is 20.2. The minimum Gasteiger partial charge on any atom is -0.465 e. The summed E-state index contributed by atoms with van der Waals surface area (Å²) in [5.41, 5.74) is 5.15. The molecule has 0 bridgehead atoms. The molecule has 0 saturated carbocycles. The number of methoxy groups -OCH3 is 1. The Bertz CT molecular complexity index is 1210. The number of nitrogens with one attached hydrogen (secondary N) is 1. The van der Waals surface area contributed by atoms with Crippen LogP contribution in [0.5, 0.6) is 5.75 Å². The number of fused-ring (bicyclic) bond motifs is 1. The van der Waals surface area contributed by atoms with Crippen LogP contribution in [-0.4, -0.2) is 54.2 Å². The summed E-state index contributed by atoms with van der Waals surface area (Å²) in [6.07, 6.45) is 8.75. The molecule has 35 heavy (non-hydrogen) atoms. The summed E-state index contributed by atoms with van der Waals surface area (Å²) in [5.74, 6) is 0.212. The van der Waals surface area contributed by atoms with Gasteiger partial charge in [0.1, 0.15) is 5.75 Å². The van der Waals surface area contributed by atoms with Crippen LogP contribution in [0, 0.1) is 0 Å². The van der Waals surface area contributed by atoms with Crippen molar-refractivity contribution in [3.05, 3.63) is 59.2 Å². The Morgan fingerprint density at radius 2 is 1.91 bits per heavy atom. The van der Waals surface area contributed by atoms with Crippen molar-refractivity contribution in [1.29, 1.82) is 0 Å². The number of anilines is 2. The largest absolute Gasteiger partial charge is 0.465 e. The highest BCUT2D eigenvalue weighted by Crippen LogP contribution is 2.34. The molecule has 0 radical (unpaired) electrons. The van der Waals surface area contributed by atoms with Crippen molar-refractivity contribution in [1.82, 2.24) is 0 Å². The third-order valence-electron chi connectivity index (χ3n) is 6.15. The molecule has 8 nitrogen and oxygen atoms in total. The van der Waals surface area contributed by atoms with Crippen LogP contribution in [0.25, 0.3) is 5.57 Å². The summed E-state index contributed by atoms with van der Waals surface area (Å²) in [4.78, 5) is 15.0. The summed E-state index contributed by atoms with van der Waals surface area (Å²) in [7, 11) is -1.99. The molecule has 9 heteroatoms. The molecule has 0 saturated heterocycles. The predicted molar refractivity (Wildman–Crippen MR) is 136 cm³/mol. The van der Waals surface area contributed by atoms with Crippen molar-refractivity contribution >= 4 is 32.9 Å². The molecule has 2 aromatic carbocycles. The first kappa shape index (κ1) is 25.2. The van der Waals surface area contributed by atoms with Gasteiger partial charge in [-0.2, -0.15) is 0 Å². The first-order valence-electron chi connectivity index (χ1n) is 11.8. The Morgan fingerprint density at radius 3 is 2.66 bits per heavy atom. The van der Waals surface area contributed by atoms with Gasteiger partial charge < -0.3 is 19.1 Å². The van der Waals surface area contributed by atoms with E-state index in [-0.39, 0.29) is 18.4 Å². The smallest absolute Gasteiger partial charge is 0.258 e. The number of hydrogen-bond donors (Lipinski definition) is 1. The number of carbonyl (C=O) groups excluding carboxylic acids is 1. The van der Waals surface area contributed by atoms with E-state index < -0.39 is 10.0 Å². The minimum absolute atomic E-state index is 0.0596. The number of carbonyl (C=O) groups is 1. The maximum atomic E-state index is 13.4. The summed E-state index contributed by atoms with van der Waals surface area (Å²) in [6.45, 7) is 1.22. The number of benzene rings is 2. The number of nitrogens with zero attached hydrogens (tertiary/aromatic N) is 1. The normalized spacial score (nSPS) is 16.0. The lowest BCUT2D eigenvalue weighted by molar-refractivity contribution is -0.00813. The lowest BCUT2D eigenvalue weighted by Crippen LogP contribution is -2.37. The average Bonchev–Trinajstić information content (AvgIpc) is 2.84. The maximum absolute atomic E-state index is 13.4. The molecule has 0 unspecified atom stereocenters. The monoisotopic (exact) mass is 500 g/mol. The third kappa shape index (κ3) is 6.42. The summed E-state index contributed by atoms with van der Waals surface area (Å²) >= 11 is 0. The molecule has 4 rings (SSSR count). The zero-order chi connectivity index (χ0) is 24.8. The lowest BCUT2D eigenvalue weighted by atomic mass is 9.89. The highest BCUT2D eigenvalue weighted by atomic mass is 32.2. The third-order valence-corrected chi connectivity index (χ3v) is 6.74. The van der Waals surface area contributed by atoms with E-state index in [9.17, 15) is 13.2 Å². The number of ether oxygens (including phenoxy) is 3. The fraction of sp³-hybridized carbons (Fsp3) is 0.423. The fourth-order valence-corrected chi connectivity index (χ4v) is 4.99. The van der Waals surface area contributed by atoms with Gasteiger partial charge in [0.25, 0.3) is 5.91 Å². The van der Waals surface area contributed by atoms with Crippen LogP contribution in [0.3, 0.4) is 0 Å². The van der Waals surface area contributed by atoms with E-state index in [1.54, 1.807) is 30.2 Å². The van der Waals surface area contributed by atoms with Gasteiger partial charge in [0.15, 0.2) is 6.79 Å². The summed E-state index contributed by atoms with van der Waals surface area (Å²) in [5, 5.41) is 0. The molecule has 0 aromatic heterocycles. The highest BCUT2D eigenvalue weighted by molar-refractivity contribution is 7.92. The van der Waals surface area contributed by atoms with Gasteiger partial charge in [0.2, 0.25) is 10.0 Å². The Balaban J connectivity index is 1.54. The molecule has 0 fully saturated rings. The Hall–Kier alpha value is -2.88. The first-order chi connectivity index (χ1) is 16.9. The molecule has 1 amide bonds. The van der Waals surface area contributed by atoms with Crippen LogP contribution in [0.15, 0.2) is 42.5 Å². The van der Waals surface area contributed by atoms with Crippen LogP contribution < -0.4 is 14.4 Å². The van der Waals surface area contributed by atoms with E-state index in [1.807, 2.05) is 12.1 Å². The second-order valence-electron chi connectivity index (χ2n) is 8.77. The van der Waals surface area contributed by atoms with Crippen LogP contribution in [0.2, 0.25) is 0 Å². The SMILES string of the molecule is COCCOCOc1ccc(N2CCc3cc(C4=CCCCC4)ccc3C2=O)cc1NS(C)(=O)=O. The van der Waals surface area contributed by atoms with Crippen molar-refractivity contribution in [2.75, 3.05) is 49.5 Å². The molecule has 1 aliphatic carbocycles. The molecule has 188 valence electrons. The molecule has 0 atom stereocenters. The first-order valence-corrected chi connectivity index (χ1v) is 13.7. The van der Waals surface area contributed by atoms with Crippen LogP contribution in [-0.2, 0) is 25.9 Å². The molecule has 2 aliphatic rings. The van der Waals surface area contributed by atoms with Gasteiger partial charge in [-0.25, -0.2) is 8.42 Å². The van der Waals surface area contributed by atoms with Gasteiger partial charge in [-0.15, -0.1) is 0 Å². The lowest BCUT2D eigenvalue weighted by Gasteiger charge is -2.30. The van der Waals surface area contributed by atoms with Crippen LogP contribution in [0.4, 0.5) is 11.4 Å². The van der Waals surface area contributed by atoms with Crippen molar-refractivity contribution in [2.24, 2.45) is 0 Å². The van der Waals surface area contributed by atoms with Crippen LogP contribution in [0.1, 0.15) is 47.2 Å². The van der Waals surface area contributed by atoms with Crippen molar-refractivity contribution in [3.63, 3.8) is 0 Å². The zero-order valence-corrected chi connectivity index (χ0v) is 21.0. The summed E-state index contributed by atoms with van der Waals surface area (Å²) in [6, 6.07) is 11.1. The molecular formula is C26H32N2O6S. The molecule has 0 spiro atoms. The number of rotatable bonds is 10. The Labute approximate surface area is 206 Å². The van der Waals surface area contributed by atoms with Gasteiger partial charge in [-0.3, -0.25) is 9.52 Å². The van der Waals surface area contributed by atoms with Gasteiger partial charge >= 0.3 is 0 Å². The van der Waals surface area contributed by atoms with Gasteiger partial charge in [-0.05, 0) is 73.1 Å². The van der Waals surface area contributed by atoms with E-state index in [4.69, 9.17) is 14.2 Å². The van der Waals surface area contributed by atoms with Crippen molar-refractivity contribution < 1.29 is 27.4 Å². The van der Waals surface area contributed by atoms with E-state index in [0.29, 0.717) is 36.8 Å². The van der Waals surface area contributed by atoms with E-state index in [0.717, 1.165) is 31.1 Å². The van der Waals surface area contributed by atoms with E-state index in [2.05, 4.69) is 16.9 Å². The van der Waals surface area contributed by atoms with E-state index in [1.165, 1.54) is 24.0 Å². The second-order valence-corrected chi connectivity index (χ2v) is 10.5. The second kappa shape index (κ2) is 11.2. The quantitative estimate of drug-likeness (QED) is 0.388. The predicted octanol–water partition coefficient (Wildman–Crippen LogP) is 4.22. The number of allylic oxidation sites excluding steroid dienone is 2. The fourth-order valence-electron chi connectivity index (χ4n) is 4.43. The van der Waals surface area contributed by atoms with Gasteiger partial charge in [0, 0.05) is 24.9 Å². The average molecular weight is 501 g/mol. The molecule has 1 heterocycles. The van der Waals surface area contributed by atoms with Crippen molar-refractivity contribution in [3.8, 4) is 5.75 Å². The number of sulfonamides is 1. The molecule has 1 aliphatic heterocycles. The Kier molecular flexibility index (Phi) is 8.10. The topological polar surface area (TPSA) is 94.2 Å². The molecule has 2 aromatic rings. The molecule has 1 N–H and O–H groups in total. The highest BCUT2D eigenvalue weighted by Gasteiger charge is 2.27. The van der Waals surface area contributed by atoms with Gasteiger partial charge in [0.05, 0.1) is 25.2 Å². The molecular weight excluding hydrogens is 468 g/mol. The van der Waals surface area contributed by atoms with Crippen molar-refractivity contribution in [2.45, 2.75) is 32.1 Å².